The summed E-state index contributed by atoms with van der Waals surface area (Å²) in [6, 6.07) is 1.73. The van der Waals surface area contributed by atoms with Gasteiger partial charge in [0.15, 0.2) is 5.82 Å². The van der Waals surface area contributed by atoms with E-state index in [-0.39, 0.29) is 0 Å². The maximum Gasteiger partial charge on any atom is 0.164 e. The summed E-state index contributed by atoms with van der Waals surface area (Å²) in [5.41, 5.74) is 2.52. The summed E-state index contributed by atoms with van der Waals surface area (Å²) in [5.74, 6) is 0.573. The lowest BCUT2D eigenvalue weighted by molar-refractivity contribution is 0.603. The number of nitrogens with zero attached hydrogens (tertiary/aromatic N) is 6. The van der Waals surface area contributed by atoms with Crippen LogP contribution in [0.5, 0.6) is 0 Å². The van der Waals surface area contributed by atoms with Crippen LogP contribution in [-0.2, 0) is 13.6 Å². The van der Waals surface area contributed by atoms with Gasteiger partial charge in [0, 0.05) is 37.6 Å². The maximum absolute atomic E-state index is 6.12. The number of aromatic nitrogens is 6. The summed E-state index contributed by atoms with van der Waals surface area (Å²) < 4.78 is 3.60. The highest BCUT2D eigenvalue weighted by molar-refractivity contribution is 6.29. The molecule has 3 aromatic rings. The van der Waals surface area contributed by atoms with Crippen LogP contribution in [-0.4, -0.2) is 29.5 Å². The molecule has 0 saturated carbocycles. The van der Waals surface area contributed by atoms with E-state index in [0.29, 0.717) is 11.0 Å². The van der Waals surface area contributed by atoms with Crippen molar-refractivity contribution in [1.29, 1.82) is 0 Å². The molecule has 0 fully saturated rings. The predicted octanol–water partition coefficient (Wildman–Crippen LogP) is 2.80. The van der Waals surface area contributed by atoms with Gasteiger partial charge in [-0.15, -0.1) is 0 Å². The zero-order valence-corrected chi connectivity index (χ0v) is 12.6. The SMILES string of the molecule is CCCn1cc(-c2nc(Cl)cc(-c3cnn(C)c3)n2)cn1. The summed E-state index contributed by atoms with van der Waals surface area (Å²) in [6.45, 7) is 2.98. The lowest BCUT2D eigenvalue weighted by Gasteiger charge is -2.02. The molecule has 6 nitrogen and oxygen atoms in total. The summed E-state index contributed by atoms with van der Waals surface area (Å²) >= 11 is 6.12. The average molecular weight is 303 g/mol. The molecule has 0 aliphatic carbocycles. The minimum atomic E-state index is 0.405. The summed E-state index contributed by atoms with van der Waals surface area (Å²) in [5, 5.41) is 8.85. The Balaban J connectivity index is 2.00. The number of halogens is 1. The molecule has 0 bridgehead atoms. The fraction of sp³-hybridized carbons (Fsp3) is 0.286. The van der Waals surface area contributed by atoms with E-state index in [1.54, 1.807) is 23.1 Å². The molecule has 0 amide bonds. The average Bonchev–Trinajstić information content (AvgIpc) is 3.08. The van der Waals surface area contributed by atoms with Gasteiger partial charge in [-0.05, 0) is 6.42 Å². The Hall–Kier alpha value is -2.21. The molecule has 0 aliphatic heterocycles. The van der Waals surface area contributed by atoms with Gasteiger partial charge in [-0.25, -0.2) is 9.97 Å². The van der Waals surface area contributed by atoms with Crippen LogP contribution in [0.25, 0.3) is 22.6 Å². The molecule has 0 unspecified atom stereocenters. The molecule has 0 saturated heterocycles. The molecular weight excluding hydrogens is 288 g/mol. The van der Waals surface area contributed by atoms with Crippen LogP contribution in [0.4, 0.5) is 0 Å². The molecule has 108 valence electrons. The van der Waals surface area contributed by atoms with E-state index < -0.39 is 0 Å². The molecule has 0 aromatic carbocycles. The highest BCUT2D eigenvalue weighted by Crippen LogP contribution is 2.23. The normalized spacial score (nSPS) is 11.0. The van der Waals surface area contributed by atoms with E-state index in [1.807, 2.05) is 24.1 Å². The summed E-state index contributed by atoms with van der Waals surface area (Å²) in [7, 11) is 1.86. The zero-order chi connectivity index (χ0) is 14.8. The molecule has 21 heavy (non-hydrogen) atoms. The van der Waals surface area contributed by atoms with Gasteiger partial charge in [0.05, 0.1) is 23.7 Å². The zero-order valence-electron chi connectivity index (χ0n) is 11.9. The summed E-state index contributed by atoms with van der Waals surface area (Å²) in [6.07, 6.45) is 8.36. The second-order valence-corrected chi connectivity index (χ2v) is 5.18. The van der Waals surface area contributed by atoms with E-state index in [9.17, 15) is 0 Å². The fourth-order valence-corrected chi connectivity index (χ4v) is 2.26. The Morgan fingerprint density at radius 2 is 1.90 bits per heavy atom. The van der Waals surface area contributed by atoms with Crippen LogP contribution < -0.4 is 0 Å². The number of hydrogen-bond donors (Lipinski definition) is 0. The van der Waals surface area contributed by atoms with Crippen LogP contribution in [0.1, 0.15) is 13.3 Å². The predicted molar refractivity (Wildman–Crippen MR) is 80.8 cm³/mol. The van der Waals surface area contributed by atoms with Crippen molar-refractivity contribution in [2.24, 2.45) is 7.05 Å². The number of aryl methyl sites for hydroxylation is 2. The van der Waals surface area contributed by atoms with Gasteiger partial charge < -0.3 is 0 Å². The smallest absolute Gasteiger partial charge is 0.164 e. The molecule has 3 aromatic heterocycles. The molecule has 3 rings (SSSR count). The molecule has 7 heteroatoms. The monoisotopic (exact) mass is 302 g/mol. The van der Waals surface area contributed by atoms with Crippen molar-refractivity contribution in [2.45, 2.75) is 19.9 Å². The largest absolute Gasteiger partial charge is 0.275 e. The molecule has 3 heterocycles. The fourth-order valence-electron chi connectivity index (χ4n) is 2.08. The second-order valence-electron chi connectivity index (χ2n) is 4.79. The van der Waals surface area contributed by atoms with E-state index in [2.05, 4.69) is 27.1 Å². The van der Waals surface area contributed by atoms with Crippen LogP contribution in [0.3, 0.4) is 0 Å². The van der Waals surface area contributed by atoms with E-state index in [4.69, 9.17) is 11.6 Å². The van der Waals surface area contributed by atoms with Crippen molar-refractivity contribution in [1.82, 2.24) is 29.5 Å². The first-order valence-corrected chi connectivity index (χ1v) is 7.10. The third-order valence-corrected chi connectivity index (χ3v) is 3.23. The van der Waals surface area contributed by atoms with E-state index in [0.717, 1.165) is 29.8 Å². The minimum absolute atomic E-state index is 0.405. The van der Waals surface area contributed by atoms with Gasteiger partial charge in [0.2, 0.25) is 0 Å². The molecule has 0 aliphatic rings. The first kappa shape index (κ1) is 13.8. The van der Waals surface area contributed by atoms with Crippen molar-refractivity contribution >= 4 is 11.6 Å². The number of hydrogen-bond acceptors (Lipinski definition) is 4. The second kappa shape index (κ2) is 5.65. The Bertz CT molecular complexity index is 760. The van der Waals surface area contributed by atoms with Crippen LogP contribution >= 0.6 is 11.6 Å². The van der Waals surface area contributed by atoms with Gasteiger partial charge in [-0.1, -0.05) is 18.5 Å². The molecule has 0 N–H and O–H groups in total. The highest BCUT2D eigenvalue weighted by Gasteiger charge is 2.10. The number of rotatable bonds is 4. The molecule has 0 radical (unpaired) electrons. The Kier molecular flexibility index (Phi) is 3.70. The van der Waals surface area contributed by atoms with Gasteiger partial charge in [-0.2, -0.15) is 10.2 Å². The third kappa shape index (κ3) is 2.95. The highest BCUT2D eigenvalue weighted by atomic mass is 35.5. The van der Waals surface area contributed by atoms with E-state index in [1.165, 1.54) is 0 Å². The Morgan fingerprint density at radius 3 is 2.62 bits per heavy atom. The van der Waals surface area contributed by atoms with Gasteiger partial charge in [-0.3, -0.25) is 9.36 Å². The lowest BCUT2D eigenvalue weighted by Crippen LogP contribution is -1.96. The Labute approximate surface area is 127 Å². The van der Waals surface area contributed by atoms with Crippen molar-refractivity contribution in [3.05, 3.63) is 36.0 Å². The van der Waals surface area contributed by atoms with Crippen LogP contribution in [0.15, 0.2) is 30.9 Å². The van der Waals surface area contributed by atoms with Crippen molar-refractivity contribution in [3.8, 4) is 22.6 Å². The van der Waals surface area contributed by atoms with Gasteiger partial charge >= 0.3 is 0 Å². The van der Waals surface area contributed by atoms with E-state index >= 15 is 0 Å². The summed E-state index contributed by atoms with van der Waals surface area (Å²) in [4.78, 5) is 8.84. The molecule has 0 spiro atoms. The van der Waals surface area contributed by atoms with Crippen molar-refractivity contribution in [2.75, 3.05) is 0 Å². The maximum atomic E-state index is 6.12. The lowest BCUT2D eigenvalue weighted by atomic mass is 10.2. The first-order valence-electron chi connectivity index (χ1n) is 6.72. The topological polar surface area (TPSA) is 61.4 Å². The van der Waals surface area contributed by atoms with Crippen molar-refractivity contribution < 1.29 is 0 Å². The first-order chi connectivity index (χ1) is 10.2. The van der Waals surface area contributed by atoms with Crippen LogP contribution in [0, 0.1) is 0 Å². The van der Waals surface area contributed by atoms with Crippen LogP contribution in [0.2, 0.25) is 5.15 Å². The molecular formula is C14H15ClN6. The quantitative estimate of drug-likeness (QED) is 0.695. The Morgan fingerprint density at radius 1 is 1.10 bits per heavy atom. The van der Waals surface area contributed by atoms with Gasteiger partial charge in [0.25, 0.3) is 0 Å². The van der Waals surface area contributed by atoms with Crippen molar-refractivity contribution in [3.63, 3.8) is 0 Å². The third-order valence-electron chi connectivity index (χ3n) is 3.04. The minimum Gasteiger partial charge on any atom is -0.275 e. The molecule has 0 atom stereocenters. The standard InChI is InChI=1S/C14H15ClN6/c1-3-4-21-9-11(7-17-21)14-18-12(5-13(15)19-14)10-6-16-20(2)8-10/h5-9H,3-4H2,1-2H3. The van der Waals surface area contributed by atoms with Gasteiger partial charge in [0.1, 0.15) is 5.15 Å².